The zero-order valence-corrected chi connectivity index (χ0v) is 15.6. The maximum Gasteiger partial charge on any atom is 0.257 e. The molecule has 0 saturated heterocycles. The van der Waals surface area contributed by atoms with E-state index >= 15 is 0 Å². The number of anilines is 1. The number of halogens is 1. The van der Waals surface area contributed by atoms with Crippen molar-refractivity contribution in [2.24, 2.45) is 0 Å². The van der Waals surface area contributed by atoms with Crippen LogP contribution in [0.2, 0.25) is 5.02 Å². The Morgan fingerprint density at radius 2 is 1.96 bits per heavy atom. The highest BCUT2D eigenvalue weighted by Crippen LogP contribution is 2.36. The van der Waals surface area contributed by atoms with Crippen LogP contribution in [0.4, 0.5) is 5.13 Å². The van der Waals surface area contributed by atoms with Gasteiger partial charge in [0.1, 0.15) is 5.01 Å². The van der Waals surface area contributed by atoms with E-state index in [-0.39, 0.29) is 5.91 Å². The SMILES string of the molecule is CCC(CC)c1nnc(NC(=O)c2cc(Cl)c(OC)c(OC)c2)s1. The fraction of sp³-hybridized carbons (Fsp3) is 0.438. The molecule has 2 rings (SSSR count). The average Bonchev–Trinajstić information content (AvgIpc) is 3.03. The molecule has 130 valence electrons. The smallest absolute Gasteiger partial charge is 0.257 e. The van der Waals surface area contributed by atoms with Gasteiger partial charge in [0.25, 0.3) is 5.91 Å². The first-order valence-electron chi connectivity index (χ1n) is 7.60. The largest absolute Gasteiger partial charge is 0.493 e. The van der Waals surface area contributed by atoms with Gasteiger partial charge >= 0.3 is 0 Å². The minimum atomic E-state index is -0.329. The lowest BCUT2D eigenvalue weighted by molar-refractivity contribution is 0.102. The summed E-state index contributed by atoms with van der Waals surface area (Å²) < 4.78 is 10.4. The van der Waals surface area contributed by atoms with Crippen molar-refractivity contribution in [3.05, 3.63) is 27.7 Å². The van der Waals surface area contributed by atoms with Crippen molar-refractivity contribution in [3.8, 4) is 11.5 Å². The Labute approximate surface area is 150 Å². The summed E-state index contributed by atoms with van der Waals surface area (Å²) in [5.41, 5.74) is 0.358. The van der Waals surface area contributed by atoms with Crippen LogP contribution in [0.1, 0.15) is 48.0 Å². The molecule has 0 unspecified atom stereocenters. The molecule has 0 aliphatic carbocycles. The van der Waals surface area contributed by atoms with Crippen molar-refractivity contribution < 1.29 is 14.3 Å². The van der Waals surface area contributed by atoms with Crippen molar-refractivity contribution in [1.82, 2.24) is 10.2 Å². The fourth-order valence-corrected chi connectivity index (χ4v) is 3.60. The van der Waals surface area contributed by atoms with Gasteiger partial charge < -0.3 is 9.47 Å². The van der Waals surface area contributed by atoms with Crippen molar-refractivity contribution in [2.75, 3.05) is 19.5 Å². The van der Waals surface area contributed by atoms with Gasteiger partial charge in [-0.2, -0.15) is 0 Å². The summed E-state index contributed by atoms with van der Waals surface area (Å²) in [6, 6.07) is 3.10. The molecule has 6 nitrogen and oxygen atoms in total. The summed E-state index contributed by atoms with van der Waals surface area (Å²) in [7, 11) is 2.98. The molecule has 1 amide bonds. The van der Waals surface area contributed by atoms with Crippen molar-refractivity contribution in [3.63, 3.8) is 0 Å². The highest BCUT2D eigenvalue weighted by atomic mass is 35.5. The van der Waals surface area contributed by atoms with Crippen molar-refractivity contribution in [2.45, 2.75) is 32.6 Å². The van der Waals surface area contributed by atoms with Gasteiger partial charge in [-0.3, -0.25) is 10.1 Å². The van der Waals surface area contributed by atoms with E-state index in [9.17, 15) is 4.79 Å². The van der Waals surface area contributed by atoms with Crippen LogP contribution in [-0.2, 0) is 0 Å². The van der Waals surface area contributed by atoms with Gasteiger partial charge in [0.05, 0.1) is 19.2 Å². The van der Waals surface area contributed by atoms with Crippen molar-refractivity contribution in [1.29, 1.82) is 0 Å². The number of hydrogen-bond donors (Lipinski definition) is 1. The Morgan fingerprint density at radius 1 is 1.25 bits per heavy atom. The molecular formula is C16H20ClN3O3S. The molecule has 0 saturated carbocycles. The van der Waals surface area contributed by atoms with Crippen LogP contribution in [0.25, 0.3) is 0 Å². The zero-order chi connectivity index (χ0) is 17.7. The summed E-state index contributed by atoms with van der Waals surface area (Å²) in [5, 5.41) is 12.7. The summed E-state index contributed by atoms with van der Waals surface area (Å²) in [5.74, 6) is 0.821. The van der Waals surface area contributed by atoms with Crippen LogP contribution < -0.4 is 14.8 Å². The Hall–Kier alpha value is -1.86. The second kappa shape index (κ2) is 8.30. The minimum absolute atomic E-state index is 0.303. The van der Waals surface area contributed by atoms with E-state index in [0.717, 1.165) is 17.8 Å². The van der Waals surface area contributed by atoms with Gasteiger partial charge in [0.2, 0.25) is 5.13 Å². The van der Waals surface area contributed by atoms with Gasteiger partial charge in [0, 0.05) is 11.5 Å². The fourth-order valence-electron chi connectivity index (χ4n) is 2.31. The first-order valence-corrected chi connectivity index (χ1v) is 8.79. The second-order valence-electron chi connectivity index (χ2n) is 5.11. The molecule has 1 N–H and O–H groups in total. The number of nitrogens with zero attached hydrogens (tertiary/aromatic N) is 2. The Balaban J connectivity index is 2.20. The highest BCUT2D eigenvalue weighted by molar-refractivity contribution is 7.15. The predicted molar refractivity (Wildman–Crippen MR) is 95.7 cm³/mol. The van der Waals surface area contributed by atoms with E-state index in [4.69, 9.17) is 21.1 Å². The quantitative estimate of drug-likeness (QED) is 0.784. The van der Waals surface area contributed by atoms with Crippen LogP contribution in [-0.4, -0.2) is 30.3 Å². The molecule has 24 heavy (non-hydrogen) atoms. The number of benzene rings is 1. The van der Waals surface area contributed by atoms with Crippen LogP contribution in [0, 0.1) is 0 Å². The molecule has 0 aliphatic heterocycles. The normalized spacial score (nSPS) is 10.8. The third-order valence-corrected chi connectivity index (χ3v) is 4.97. The lowest BCUT2D eigenvalue weighted by Gasteiger charge is -2.11. The predicted octanol–water partition coefficient (Wildman–Crippen LogP) is 4.36. The number of hydrogen-bond acceptors (Lipinski definition) is 6. The monoisotopic (exact) mass is 369 g/mol. The molecule has 0 fully saturated rings. The maximum absolute atomic E-state index is 12.4. The molecule has 0 aliphatic rings. The lowest BCUT2D eigenvalue weighted by Crippen LogP contribution is -2.12. The number of aromatic nitrogens is 2. The van der Waals surface area contributed by atoms with Crippen LogP contribution in [0.5, 0.6) is 11.5 Å². The first kappa shape index (κ1) is 18.5. The third kappa shape index (κ3) is 3.96. The lowest BCUT2D eigenvalue weighted by atomic mass is 10.1. The molecule has 1 aromatic carbocycles. The summed E-state index contributed by atoms with van der Waals surface area (Å²) in [6.07, 6.45) is 1.98. The highest BCUT2D eigenvalue weighted by Gasteiger charge is 2.18. The molecule has 2 aromatic rings. The number of methoxy groups -OCH3 is 2. The number of nitrogens with one attached hydrogen (secondary N) is 1. The average molecular weight is 370 g/mol. The van der Waals surface area contributed by atoms with Gasteiger partial charge in [-0.15, -0.1) is 10.2 Å². The topological polar surface area (TPSA) is 73.3 Å². The first-order chi connectivity index (χ1) is 11.5. The number of amides is 1. The molecule has 0 spiro atoms. The van der Waals surface area contributed by atoms with E-state index in [2.05, 4.69) is 29.4 Å². The second-order valence-corrected chi connectivity index (χ2v) is 6.52. The molecule has 0 bridgehead atoms. The maximum atomic E-state index is 12.4. The van der Waals surface area contributed by atoms with E-state index < -0.39 is 0 Å². The molecule has 0 atom stereocenters. The van der Waals surface area contributed by atoms with Crippen LogP contribution in [0.3, 0.4) is 0 Å². The Kier molecular flexibility index (Phi) is 6.39. The van der Waals surface area contributed by atoms with Crippen LogP contribution >= 0.6 is 22.9 Å². The van der Waals surface area contributed by atoms with Gasteiger partial charge in [-0.05, 0) is 25.0 Å². The number of rotatable bonds is 7. The Bertz CT molecular complexity index is 717. The van der Waals surface area contributed by atoms with E-state index in [1.807, 2.05) is 0 Å². The Morgan fingerprint density at radius 3 is 2.54 bits per heavy atom. The zero-order valence-electron chi connectivity index (χ0n) is 14.1. The van der Waals surface area contributed by atoms with Gasteiger partial charge in [0.15, 0.2) is 11.5 Å². The summed E-state index contributed by atoms with van der Waals surface area (Å²) in [6.45, 7) is 4.22. The minimum Gasteiger partial charge on any atom is -0.493 e. The molecular weight excluding hydrogens is 350 g/mol. The standard InChI is InChI=1S/C16H20ClN3O3S/c1-5-9(6-2)15-19-20-16(24-15)18-14(21)10-7-11(17)13(23-4)12(8-10)22-3/h7-9H,5-6H2,1-4H3,(H,18,20,21). The molecule has 0 radical (unpaired) electrons. The third-order valence-electron chi connectivity index (χ3n) is 3.69. The van der Waals surface area contributed by atoms with Crippen LogP contribution in [0.15, 0.2) is 12.1 Å². The molecule has 8 heteroatoms. The van der Waals surface area contributed by atoms with E-state index in [1.165, 1.54) is 31.6 Å². The van der Waals surface area contributed by atoms with E-state index in [0.29, 0.717) is 33.1 Å². The van der Waals surface area contributed by atoms with Gasteiger partial charge in [-0.25, -0.2) is 0 Å². The molecule has 1 aromatic heterocycles. The summed E-state index contributed by atoms with van der Waals surface area (Å²) in [4.78, 5) is 12.4. The number of carbonyl (C=O) groups excluding carboxylic acids is 1. The molecule has 1 heterocycles. The summed E-state index contributed by atoms with van der Waals surface area (Å²) >= 11 is 7.53. The number of ether oxygens (including phenoxy) is 2. The number of carbonyl (C=O) groups is 1. The van der Waals surface area contributed by atoms with Crippen molar-refractivity contribution >= 4 is 34.0 Å². The van der Waals surface area contributed by atoms with E-state index in [1.54, 1.807) is 6.07 Å². The van der Waals surface area contributed by atoms with Gasteiger partial charge in [-0.1, -0.05) is 36.8 Å².